The molecule has 0 fully saturated rings. The lowest BCUT2D eigenvalue weighted by atomic mass is 10.2. The normalized spacial score (nSPS) is 11.8. The van der Waals surface area contributed by atoms with E-state index in [1.807, 2.05) is 67.6 Å². The summed E-state index contributed by atoms with van der Waals surface area (Å²) < 4.78 is 11.6. The molecule has 2 aromatic carbocycles. The van der Waals surface area contributed by atoms with E-state index in [2.05, 4.69) is 20.5 Å². The molecule has 6 nitrogen and oxygen atoms in total. The third kappa shape index (κ3) is 4.73. The van der Waals surface area contributed by atoms with Gasteiger partial charge in [0, 0.05) is 17.4 Å². The number of halogens is 1. The van der Waals surface area contributed by atoms with Crippen molar-refractivity contribution in [2.75, 3.05) is 5.32 Å². The third-order valence-electron chi connectivity index (χ3n) is 4.25. The fourth-order valence-corrected chi connectivity index (χ4v) is 3.00. The van der Waals surface area contributed by atoms with Crippen molar-refractivity contribution in [2.45, 2.75) is 19.6 Å². The summed E-state index contributed by atoms with van der Waals surface area (Å²) in [6, 6.07) is 20.7. The molecule has 2 aromatic heterocycles. The van der Waals surface area contributed by atoms with Crippen molar-refractivity contribution in [3.8, 4) is 17.2 Å². The minimum atomic E-state index is -0.184. The lowest BCUT2D eigenvalue weighted by Gasteiger charge is -2.13. The van der Waals surface area contributed by atoms with Crippen LogP contribution in [0.5, 0.6) is 5.75 Å². The molecule has 1 unspecified atom stereocenters. The lowest BCUT2D eigenvalue weighted by molar-refractivity contribution is 0.301. The Labute approximate surface area is 173 Å². The Hall–Kier alpha value is -3.38. The first-order valence-electron chi connectivity index (χ1n) is 9.16. The predicted molar refractivity (Wildman–Crippen MR) is 112 cm³/mol. The predicted octanol–water partition coefficient (Wildman–Crippen LogP) is 5.54. The van der Waals surface area contributed by atoms with Gasteiger partial charge in [-0.05, 0) is 49.4 Å². The molecule has 4 aromatic rings. The summed E-state index contributed by atoms with van der Waals surface area (Å²) in [7, 11) is 0. The van der Waals surface area contributed by atoms with E-state index in [4.69, 9.17) is 20.8 Å². The van der Waals surface area contributed by atoms with E-state index in [1.165, 1.54) is 0 Å². The first-order valence-corrected chi connectivity index (χ1v) is 9.54. The highest BCUT2D eigenvalue weighted by Crippen LogP contribution is 2.30. The molecule has 2 heterocycles. The Bertz CT molecular complexity index is 1070. The summed E-state index contributed by atoms with van der Waals surface area (Å²) in [6.45, 7) is 2.30. The van der Waals surface area contributed by atoms with Crippen molar-refractivity contribution in [1.82, 2.24) is 15.2 Å². The molecule has 0 aliphatic carbocycles. The Morgan fingerprint density at radius 1 is 1.03 bits per heavy atom. The Morgan fingerprint density at radius 2 is 1.86 bits per heavy atom. The molecule has 1 N–H and O–H groups in total. The fraction of sp³-hybridized carbons (Fsp3) is 0.136. The van der Waals surface area contributed by atoms with Crippen LogP contribution in [0.3, 0.4) is 0 Å². The minimum Gasteiger partial charge on any atom is -0.486 e. The highest BCUT2D eigenvalue weighted by molar-refractivity contribution is 6.32. The molecule has 0 amide bonds. The maximum Gasteiger partial charge on any atom is 0.247 e. The van der Waals surface area contributed by atoms with Crippen molar-refractivity contribution in [3.05, 3.63) is 89.5 Å². The molecular weight excluding hydrogens is 388 g/mol. The van der Waals surface area contributed by atoms with Crippen LogP contribution in [0.4, 0.5) is 5.69 Å². The van der Waals surface area contributed by atoms with Crippen molar-refractivity contribution < 1.29 is 9.15 Å². The monoisotopic (exact) mass is 406 g/mol. The van der Waals surface area contributed by atoms with E-state index in [1.54, 1.807) is 12.3 Å². The Kier molecular flexibility index (Phi) is 5.72. The first kappa shape index (κ1) is 19.0. The zero-order chi connectivity index (χ0) is 20.1. The van der Waals surface area contributed by atoms with Gasteiger partial charge in [0.05, 0.1) is 10.7 Å². The van der Waals surface area contributed by atoms with Crippen molar-refractivity contribution >= 4 is 17.3 Å². The van der Waals surface area contributed by atoms with Crippen molar-refractivity contribution in [3.63, 3.8) is 0 Å². The lowest BCUT2D eigenvalue weighted by Crippen LogP contribution is -2.07. The standard InChI is InChI=1S/C22H19ClN4O2/c1-15(21-26-27-22(29-21)16-7-3-2-4-8-16)25-17-10-11-20(19(23)13-17)28-14-18-9-5-6-12-24-18/h2-13,15,25H,14H2,1H3. The molecular formula is C22H19ClN4O2. The molecule has 146 valence electrons. The van der Waals surface area contributed by atoms with Crippen molar-refractivity contribution in [2.24, 2.45) is 0 Å². The van der Waals surface area contributed by atoms with Crippen LogP contribution in [0.25, 0.3) is 11.5 Å². The second-order valence-electron chi connectivity index (χ2n) is 6.43. The minimum absolute atomic E-state index is 0.184. The number of hydrogen-bond acceptors (Lipinski definition) is 6. The summed E-state index contributed by atoms with van der Waals surface area (Å²) in [5.74, 6) is 1.58. The molecule has 0 saturated heterocycles. The van der Waals surface area contributed by atoms with Crippen LogP contribution in [0.15, 0.2) is 77.3 Å². The maximum atomic E-state index is 6.37. The SMILES string of the molecule is CC(Nc1ccc(OCc2ccccn2)c(Cl)c1)c1nnc(-c2ccccc2)o1. The Balaban J connectivity index is 1.40. The van der Waals surface area contributed by atoms with Gasteiger partial charge in [0.2, 0.25) is 11.8 Å². The summed E-state index contributed by atoms with van der Waals surface area (Å²) in [6.07, 6.45) is 1.73. The van der Waals surface area contributed by atoms with E-state index >= 15 is 0 Å². The number of ether oxygens (including phenoxy) is 1. The molecule has 0 bridgehead atoms. The summed E-state index contributed by atoms with van der Waals surface area (Å²) >= 11 is 6.37. The third-order valence-corrected chi connectivity index (χ3v) is 4.54. The summed E-state index contributed by atoms with van der Waals surface area (Å²) in [5, 5.41) is 12.1. The van der Waals surface area contributed by atoms with Crippen LogP contribution in [0.2, 0.25) is 5.02 Å². The number of anilines is 1. The largest absolute Gasteiger partial charge is 0.486 e. The van der Waals surface area contributed by atoms with Gasteiger partial charge in [-0.1, -0.05) is 35.9 Å². The van der Waals surface area contributed by atoms with Gasteiger partial charge in [0.15, 0.2) is 0 Å². The number of aromatic nitrogens is 3. The van der Waals surface area contributed by atoms with Gasteiger partial charge in [0.1, 0.15) is 18.4 Å². The second-order valence-corrected chi connectivity index (χ2v) is 6.84. The van der Waals surface area contributed by atoms with Crippen molar-refractivity contribution in [1.29, 1.82) is 0 Å². The molecule has 0 spiro atoms. The molecule has 0 aliphatic rings. The Morgan fingerprint density at radius 3 is 2.62 bits per heavy atom. The van der Waals surface area contributed by atoms with Crippen LogP contribution < -0.4 is 10.1 Å². The van der Waals surface area contributed by atoms with Gasteiger partial charge in [-0.25, -0.2) is 0 Å². The average molecular weight is 407 g/mol. The number of hydrogen-bond donors (Lipinski definition) is 1. The van der Waals surface area contributed by atoms with Gasteiger partial charge in [-0.3, -0.25) is 4.98 Å². The highest BCUT2D eigenvalue weighted by atomic mass is 35.5. The molecule has 4 rings (SSSR count). The number of nitrogens with one attached hydrogen (secondary N) is 1. The molecule has 0 radical (unpaired) electrons. The number of pyridine rings is 1. The van der Waals surface area contributed by atoms with Crippen LogP contribution in [0, 0.1) is 0 Å². The smallest absolute Gasteiger partial charge is 0.247 e. The quantitative estimate of drug-likeness (QED) is 0.434. The average Bonchev–Trinajstić information content (AvgIpc) is 3.25. The fourth-order valence-electron chi connectivity index (χ4n) is 2.76. The zero-order valence-corrected chi connectivity index (χ0v) is 16.5. The molecule has 1 atom stereocenters. The molecule has 29 heavy (non-hydrogen) atoms. The number of rotatable bonds is 7. The van der Waals surface area contributed by atoms with E-state index in [0.717, 1.165) is 16.9 Å². The van der Waals surface area contributed by atoms with E-state index < -0.39 is 0 Å². The van der Waals surface area contributed by atoms with Gasteiger partial charge in [-0.2, -0.15) is 0 Å². The topological polar surface area (TPSA) is 73.1 Å². The summed E-state index contributed by atoms with van der Waals surface area (Å²) in [4.78, 5) is 4.23. The van der Waals surface area contributed by atoms with Gasteiger partial charge >= 0.3 is 0 Å². The zero-order valence-electron chi connectivity index (χ0n) is 15.7. The highest BCUT2D eigenvalue weighted by Gasteiger charge is 2.15. The van der Waals surface area contributed by atoms with Crippen LogP contribution >= 0.6 is 11.6 Å². The molecule has 0 aliphatic heterocycles. The van der Waals surface area contributed by atoms with Gasteiger partial charge in [-0.15, -0.1) is 10.2 Å². The number of nitrogens with zero attached hydrogens (tertiary/aromatic N) is 3. The van der Waals surface area contributed by atoms with Crippen LogP contribution in [-0.4, -0.2) is 15.2 Å². The van der Waals surface area contributed by atoms with E-state index in [-0.39, 0.29) is 6.04 Å². The second kappa shape index (κ2) is 8.75. The van der Waals surface area contributed by atoms with E-state index in [9.17, 15) is 0 Å². The summed E-state index contributed by atoms with van der Waals surface area (Å²) in [5.41, 5.74) is 2.55. The van der Waals surface area contributed by atoms with E-state index in [0.29, 0.717) is 29.2 Å². The van der Waals surface area contributed by atoms with Crippen LogP contribution in [-0.2, 0) is 6.61 Å². The van der Waals surface area contributed by atoms with Gasteiger partial charge < -0.3 is 14.5 Å². The molecule has 0 saturated carbocycles. The molecule has 7 heteroatoms. The number of benzene rings is 2. The van der Waals surface area contributed by atoms with Crippen LogP contribution in [0.1, 0.15) is 24.6 Å². The first-order chi connectivity index (χ1) is 14.2. The van der Waals surface area contributed by atoms with Gasteiger partial charge in [0.25, 0.3) is 0 Å². The maximum absolute atomic E-state index is 6.37.